The molecule has 2 aromatic carbocycles. The highest BCUT2D eigenvalue weighted by atomic mass is 19.4. The summed E-state index contributed by atoms with van der Waals surface area (Å²) in [6, 6.07) is 8.76. The fraction of sp³-hybridized carbons (Fsp3) is 0.200. The summed E-state index contributed by atoms with van der Waals surface area (Å²) in [6.45, 7) is 0.455. The van der Waals surface area contributed by atoms with E-state index in [1.807, 2.05) is 0 Å². The number of halogens is 4. The molecule has 112 valence electrons. The van der Waals surface area contributed by atoms with Gasteiger partial charge in [-0.05, 0) is 35.4 Å². The molecular formula is C15H13F4NO. The van der Waals surface area contributed by atoms with Crippen LogP contribution in [0.25, 0.3) is 11.1 Å². The third-order valence-electron chi connectivity index (χ3n) is 2.85. The maximum Gasteiger partial charge on any atom is 0.416 e. The lowest BCUT2D eigenvalue weighted by Crippen LogP contribution is -2.11. The number of nitrogens with two attached hydrogens (primary N) is 1. The van der Waals surface area contributed by atoms with Crippen molar-refractivity contribution in [3.63, 3.8) is 0 Å². The second-order valence-corrected chi connectivity index (χ2v) is 4.36. The lowest BCUT2D eigenvalue weighted by atomic mass is 10.0. The van der Waals surface area contributed by atoms with Gasteiger partial charge >= 0.3 is 6.18 Å². The molecule has 0 aliphatic heterocycles. The smallest absolute Gasteiger partial charge is 0.416 e. The van der Waals surface area contributed by atoms with E-state index >= 15 is 0 Å². The van der Waals surface area contributed by atoms with E-state index in [1.165, 1.54) is 24.3 Å². The van der Waals surface area contributed by atoms with Crippen LogP contribution < -0.4 is 10.5 Å². The zero-order chi connectivity index (χ0) is 15.5. The normalized spacial score (nSPS) is 11.5. The monoisotopic (exact) mass is 299 g/mol. The average molecular weight is 299 g/mol. The molecule has 0 aliphatic carbocycles. The van der Waals surface area contributed by atoms with Crippen LogP contribution in [0.2, 0.25) is 0 Å². The Balaban J connectivity index is 2.24. The molecule has 0 atom stereocenters. The molecule has 2 aromatic rings. The second kappa shape index (κ2) is 6.13. The summed E-state index contributed by atoms with van der Waals surface area (Å²) in [5.41, 5.74) is 5.48. The van der Waals surface area contributed by atoms with Crippen LogP contribution in [0.5, 0.6) is 5.75 Å². The summed E-state index contributed by atoms with van der Waals surface area (Å²) in [7, 11) is 0. The first-order chi connectivity index (χ1) is 9.91. The predicted octanol–water partition coefficient (Wildman–Crippen LogP) is 3.85. The minimum atomic E-state index is -4.39. The van der Waals surface area contributed by atoms with E-state index in [-0.39, 0.29) is 18.9 Å². The van der Waals surface area contributed by atoms with Gasteiger partial charge < -0.3 is 10.5 Å². The van der Waals surface area contributed by atoms with Crippen LogP contribution in [0, 0.1) is 5.82 Å². The van der Waals surface area contributed by atoms with Crippen molar-refractivity contribution in [1.29, 1.82) is 0 Å². The number of hydrogen-bond donors (Lipinski definition) is 1. The van der Waals surface area contributed by atoms with Crippen LogP contribution in [0.3, 0.4) is 0 Å². The van der Waals surface area contributed by atoms with Crippen molar-refractivity contribution in [1.82, 2.24) is 0 Å². The van der Waals surface area contributed by atoms with Crippen LogP contribution in [0.4, 0.5) is 17.6 Å². The third kappa shape index (κ3) is 3.72. The van der Waals surface area contributed by atoms with Gasteiger partial charge in [0.15, 0.2) is 11.6 Å². The number of benzene rings is 2. The highest BCUT2D eigenvalue weighted by molar-refractivity contribution is 5.64. The van der Waals surface area contributed by atoms with Gasteiger partial charge in [-0.3, -0.25) is 0 Å². The topological polar surface area (TPSA) is 35.2 Å². The van der Waals surface area contributed by atoms with Gasteiger partial charge in [0.2, 0.25) is 0 Å². The molecule has 2 nitrogen and oxygen atoms in total. The van der Waals surface area contributed by atoms with E-state index in [0.29, 0.717) is 11.1 Å². The molecule has 0 heterocycles. The van der Waals surface area contributed by atoms with Gasteiger partial charge in [0.1, 0.15) is 6.61 Å². The van der Waals surface area contributed by atoms with Gasteiger partial charge in [-0.15, -0.1) is 0 Å². The zero-order valence-corrected chi connectivity index (χ0v) is 11.0. The molecule has 2 rings (SSSR count). The van der Waals surface area contributed by atoms with Crippen molar-refractivity contribution in [2.24, 2.45) is 5.73 Å². The van der Waals surface area contributed by atoms with Crippen molar-refractivity contribution in [2.75, 3.05) is 13.2 Å². The predicted molar refractivity (Wildman–Crippen MR) is 71.4 cm³/mol. The Kier molecular flexibility index (Phi) is 4.47. The number of rotatable bonds is 4. The molecule has 2 N–H and O–H groups in total. The van der Waals surface area contributed by atoms with Crippen molar-refractivity contribution < 1.29 is 22.3 Å². The van der Waals surface area contributed by atoms with Crippen LogP contribution in [-0.4, -0.2) is 13.2 Å². The summed E-state index contributed by atoms with van der Waals surface area (Å²) < 4.78 is 56.3. The van der Waals surface area contributed by atoms with Crippen molar-refractivity contribution in [3.05, 3.63) is 53.8 Å². The van der Waals surface area contributed by atoms with Crippen molar-refractivity contribution in [3.8, 4) is 16.9 Å². The van der Waals surface area contributed by atoms with E-state index in [2.05, 4.69) is 0 Å². The van der Waals surface area contributed by atoms with E-state index < -0.39 is 17.6 Å². The molecule has 0 bridgehead atoms. The van der Waals surface area contributed by atoms with E-state index in [9.17, 15) is 17.6 Å². The number of alkyl halides is 3. The highest BCUT2D eigenvalue weighted by Crippen LogP contribution is 2.31. The first-order valence-electron chi connectivity index (χ1n) is 6.22. The van der Waals surface area contributed by atoms with Gasteiger partial charge in [0.05, 0.1) is 5.56 Å². The zero-order valence-electron chi connectivity index (χ0n) is 11.0. The third-order valence-corrected chi connectivity index (χ3v) is 2.85. The van der Waals surface area contributed by atoms with Gasteiger partial charge in [-0.1, -0.05) is 18.2 Å². The Labute approximate surface area is 119 Å². The first-order valence-corrected chi connectivity index (χ1v) is 6.22. The second-order valence-electron chi connectivity index (χ2n) is 4.36. The average Bonchev–Trinajstić information content (AvgIpc) is 2.45. The maximum absolute atomic E-state index is 13.8. The quantitative estimate of drug-likeness (QED) is 0.870. The molecular weight excluding hydrogens is 286 g/mol. The molecule has 0 aromatic heterocycles. The van der Waals surface area contributed by atoms with Gasteiger partial charge in [-0.2, -0.15) is 13.2 Å². The summed E-state index contributed by atoms with van der Waals surface area (Å²) in [4.78, 5) is 0. The largest absolute Gasteiger partial charge is 0.489 e. The summed E-state index contributed by atoms with van der Waals surface area (Å²) in [5.74, 6) is -0.517. The first kappa shape index (κ1) is 15.3. The van der Waals surface area contributed by atoms with Crippen molar-refractivity contribution in [2.45, 2.75) is 6.18 Å². The lowest BCUT2D eigenvalue weighted by molar-refractivity contribution is -0.137. The summed E-state index contributed by atoms with van der Waals surface area (Å²) in [6.07, 6.45) is -4.39. The maximum atomic E-state index is 13.8. The molecule has 0 amide bonds. The fourth-order valence-corrected chi connectivity index (χ4v) is 1.82. The molecule has 0 radical (unpaired) electrons. The van der Waals surface area contributed by atoms with Gasteiger partial charge in [0.25, 0.3) is 0 Å². The molecule has 0 saturated carbocycles. The van der Waals surface area contributed by atoms with E-state index in [4.69, 9.17) is 10.5 Å². The molecule has 21 heavy (non-hydrogen) atoms. The molecule has 6 heteroatoms. The number of ether oxygens (including phenoxy) is 1. The Morgan fingerprint density at radius 3 is 2.10 bits per heavy atom. The Hall–Kier alpha value is -2.08. The minimum Gasteiger partial charge on any atom is -0.489 e. The summed E-state index contributed by atoms with van der Waals surface area (Å²) >= 11 is 0. The van der Waals surface area contributed by atoms with Gasteiger partial charge in [0, 0.05) is 6.54 Å². The lowest BCUT2D eigenvalue weighted by Gasteiger charge is -2.09. The Morgan fingerprint density at radius 1 is 0.952 bits per heavy atom. The van der Waals surface area contributed by atoms with Crippen LogP contribution in [-0.2, 0) is 6.18 Å². The van der Waals surface area contributed by atoms with Crippen LogP contribution >= 0.6 is 0 Å². The van der Waals surface area contributed by atoms with Gasteiger partial charge in [-0.25, -0.2) is 4.39 Å². The SMILES string of the molecule is NCCOc1ccc(-c2ccc(C(F)(F)F)cc2)cc1F. The van der Waals surface area contributed by atoms with Crippen molar-refractivity contribution >= 4 is 0 Å². The van der Waals surface area contributed by atoms with Crippen LogP contribution in [0.15, 0.2) is 42.5 Å². The Morgan fingerprint density at radius 2 is 1.57 bits per heavy atom. The molecule has 0 spiro atoms. The molecule has 0 saturated heterocycles. The van der Waals surface area contributed by atoms with E-state index in [1.54, 1.807) is 6.07 Å². The summed E-state index contributed by atoms with van der Waals surface area (Å²) in [5, 5.41) is 0. The van der Waals surface area contributed by atoms with E-state index in [0.717, 1.165) is 12.1 Å². The minimum absolute atomic E-state index is 0.0658. The highest BCUT2D eigenvalue weighted by Gasteiger charge is 2.29. The van der Waals surface area contributed by atoms with Crippen LogP contribution in [0.1, 0.15) is 5.56 Å². The molecule has 0 aliphatic rings. The Bertz CT molecular complexity index is 608. The number of hydrogen-bond acceptors (Lipinski definition) is 2. The molecule has 0 unspecified atom stereocenters. The molecule has 0 fully saturated rings. The standard InChI is InChI=1S/C15H13F4NO/c16-13-9-11(3-6-14(13)21-8-7-20)10-1-4-12(5-2-10)15(17,18)19/h1-6,9H,7-8,20H2. The fourth-order valence-electron chi connectivity index (χ4n) is 1.82.